The average Bonchev–Trinajstić information content (AvgIpc) is 2.84. The van der Waals surface area contributed by atoms with E-state index in [1.165, 1.54) is 0 Å². The Morgan fingerprint density at radius 3 is 2.48 bits per heavy atom. The van der Waals surface area contributed by atoms with Crippen molar-refractivity contribution in [2.24, 2.45) is 10.7 Å². The number of nitrogens with two attached hydrogens (primary N) is 1. The lowest BCUT2D eigenvalue weighted by Gasteiger charge is -2.35. The maximum absolute atomic E-state index is 6.20. The maximum atomic E-state index is 6.20. The number of piperazine rings is 1. The number of nitrogens with zero attached hydrogens (tertiary/aromatic N) is 6. The van der Waals surface area contributed by atoms with E-state index in [0.29, 0.717) is 18.1 Å². The minimum Gasteiger partial charge on any atom is -0.387 e. The fourth-order valence-electron chi connectivity index (χ4n) is 3.70. The predicted molar refractivity (Wildman–Crippen MR) is 132 cm³/mol. The summed E-state index contributed by atoms with van der Waals surface area (Å²) in [6, 6.07) is 14.2. The molecule has 4 rings (SSSR count). The molecule has 1 aliphatic heterocycles. The zero-order valence-corrected chi connectivity index (χ0v) is 19.2. The van der Waals surface area contributed by atoms with E-state index in [0.717, 1.165) is 60.9 Å². The summed E-state index contributed by atoms with van der Waals surface area (Å²) >= 11 is 0. The van der Waals surface area contributed by atoms with Crippen LogP contribution in [0.25, 0.3) is 11.3 Å². The van der Waals surface area contributed by atoms with E-state index >= 15 is 0 Å². The van der Waals surface area contributed by atoms with Crippen LogP contribution in [0.3, 0.4) is 0 Å². The van der Waals surface area contributed by atoms with Crippen LogP contribution in [0.1, 0.15) is 18.2 Å². The Bertz CT molecular complexity index is 1060. The van der Waals surface area contributed by atoms with E-state index in [4.69, 9.17) is 5.73 Å². The molecule has 3 aromatic rings. The molecule has 0 saturated carbocycles. The number of pyridine rings is 1. The second kappa shape index (κ2) is 11.0. The molecule has 0 aliphatic carbocycles. The second-order valence-electron chi connectivity index (χ2n) is 8.01. The summed E-state index contributed by atoms with van der Waals surface area (Å²) in [4.78, 5) is 19.8. The largest absolute Gasteiger partial charge is 0.387 e. The zero-order chi connectivity index (χ0) is 23.0. The summed E-state index contributed by atoms with van der Waals surface area (Å²) in [6.45, 7) is 8.68. The molecule has 0 unspecified atom stereocenters. The van der Waals surface area contributed by atoms with Gasteiger partial charge < -0.3 is 10.6 Å². The van der Waals surface area contributed by atoms with Gasteiger partial charge in [0.05, 0.1) is 17.6 Å². The van der Waals surface area contributed by atoms with Crippen molar-refractivity contribution in [3.05, 3.63) is 66.2 Å². The van der Waals surface area contributed by atoms with Gasteiger partial charge in [0.1, 0.15) is 12.2 Å². The smallest absolute Gasteiger partial charge is 0.153 e. The molecule has 33 heavy (non-hydrogen) atoms. The Morgan fingerprint density at radius 2 is 1.82 bits per heavy atom. The van der Waals surface area contributed by atoms with Crippen LogP contribution in [0.4, 0.5) is 11.5 Å². The highest BCUT2D eigenvalue weighted by Crippen LogP contribution is 2.20. The molecule has 0 amide bonds. The predicted octanol–water partition coefficient (Wildman–Crippen LogP) is 2.23. The maximum Gasteiger partial charge on any atom is 0.153 e. The third-order valence-corrected chi connectivity index (χ3v) is 5.49. The van der Waals surface area contributed by atoms with Gasteiger partial charge in [-0.3, -0.25) is 0 Å². The molecule has 2 aromatic heterocycles. The monoisotopic (exact) mass is 445 g/mol. The lowest BCUT2D eigenvalue weighted by Crippen LogP contribution is -2.56. The van der Waals surface area contributed by atoms with Crippen molar-refractivity contribution < 1.29 is 0 Å². The number of aromatic nitrogens is 3. The summed E-state index contributed by atoms with van der Waals surface area (Å²) in [5.41, 5.74) is 17.7. The van der Waals surface area contributed by atoms with Crippen LogP contribution in [-0.2, 0) is 6.42 Å². The van der Waals surface area contributed by atoms with Crippen LogP contribution in [-0.4, -0.2) is 58.5 Å². The van der Waals surface area contributed by atoms with Gasteiger partial charge in [-0.15, -0.1) is 0 Å². The molecule has 1 aliphatic rings. The van der Waals surface area contributed by atoms with E-state index in [1.54, 1.807) is 6.33 Å². The number of amidine groups is 1. The SMILES string of the molecule is CCNNN1CCN(c2ccc(N=C(N)Cc3ccc(-c4cc(C)ncn4)cc3)nc2)CC1. The first-order chi connectivity index (χ1) is 16.1. The number of nitrogens with one attached hydrogen (secondary N) is 2. The highest BCUT2D eigenvalue weighted by Gasteiger charge is 2.17. The molecular formula is C24H31N9. The molecule has 1 aromatic carbocycles. The number of anilines is 1. The molecule has 1 fully saturated rings. The van der Waals surface area contributed by atoms with Crippen LogP contribution in [0.5, 0.6) is 0 Å². The molecule has 3 heterocycles. The Hall–Kier alpha value is -3.40. The van der Waals surface area contributed by atoms with Crippen LogP contribution in [0.15, 0.2) is 60.0 Å². The summed E-state index contributed by atoms with van der Waals surface area (Å²) in [7, 11) is 0. The molecule has 0 radical (unpaired) electrons. The highest BCUT2D eigenvalue weighted by molar-refractivity contribution is 5.85. The fourth-order valence-corrected chi connectivity index (χ4v) is 3.70. The fraction of sp³-hybridized carbons (Fsp3) is 0.333. The van der Waals surface area contributed by atoms with Gasteiger partial charge in [0.15, 0.2) is 5.82 Å². The summed E-state index contributed by atoms with van der Waals surface area (Å²) < 4.78 is 0. The topological polar surface area (TPSA) is 108 Å². The average molecular weight is 446 g/mol. The molecule has 0 spiro atoms. The van der Waals surface area contributed by atoms with E-state index in [-0.39, 0.29) is 0 Å². The molecule has 0 atom stereocenters. The van der Waals surface area contributed by atoms with E-state index < -0.39 is 0 Å². The lowest BCUT2D eigenvalue weighted by molar-refractivity contribution is 0.144. The third-order valence-electron chi connectivity index (χ3n) is 5.49. The zero-order valence-electron chi connectivity index (χ0n) is 19.2. The second-order valence-corrected chi connectivity index (χ2v) is 8.01. The molecule has 9 heteroatoms. The molecule has 4 N–H and O–H groups in total. The first-order valence-corrected chi connectivity index (χ1v) is 11.3. The summed E-state index contributed by atoms with van der Waals surface area (Å²) in [5, 5.41) is 2.19. The normalized spacial score (nSPS) is 15.1. The number of hydrogen-bond acceptors (Lipinski definition) is 8. The van der Waals surface area contributed by atoms with E-state index in [2.05, 4.69) is 65.9 Å². The van der Waals surface area contributed by atoms with Crippen molar-refractivity contribution in [1.29, 1.82) is 0 Å². The Balaban J connectivity index is 1.33. The van der Waals surface area contributed by atoms with Gasteiger partial charge in [-0.05, 0) is 30.7 Å². The molecule has 0 bridgehead atoms. The van der Waals surface area contributed by atoms with Crippen molar-refractivity contribution in [1.82, 2.24) is 30.9 Å². The lowest BCUT2D eigenvalue weighted by atomic mass is 10.1. The number of aryl methyl sites for hydroxylation is 1. The van der Waals surface area contributed by atoms with Crippen LogP contribution >= 0.6 is 0 Å². The van der Waals surface area contributed by atoms with Gasteiger partial charge in [-0.25, -0.2) is 30.4 Å². The van der Waals surface area contributed by atoms with Crippen LogP contribution in [0, 0.1) is 6.92 Å². The molecular weight excluding hydrogens is 414 g/mol. The van der Waals surface area contributed by atoms with Crippen LogP contribution in [0.2, 0.25) is 0 Å². The molecule has 172 valence electrons. The quantitative estimate of drug-likeness (QED) is 0.275. The van der Waals surface area contributed by atoms with Crippen molar-refractivity contribution in [2.45, 2.75) is 20.3 Å². The summed E-state index contributed by atoms with van der Waals surface area (Å²) in [6.07, 6.45) is 4.02. The number of aliphatic imine (C=N–C) groups is 1. The Labute approximate surface area is 194 Å². The standard InChI is InChI=1S/C24H31N9/c1-3-29-31-33-12-10-32(11-13-33)21-8-9-24(26-16-21)30-23(25)15-19-4-6-20(7-5-19)22-14-18(2)27-17-28-22/h4-9,14,16-17,29,31H,3,10-13,15H2,1-2H3,(H2,25,26,30). The van der Waals surface area contributed by atoms with Gasteiger partial charge in [0.25, 0.3) is 0 Å². The number of benzene rings is 1. The first-order valence-electron chi connectivity index (χ1n) is 11.3. The van der Waals surface area contributed by atoms with Gasteiger partial charge in [0, 0.05) is 50.4 Å². The number of hydrazine groups is 2. The van der Waals surface area contributed by atoms with Crippen molar-refractivity contribution in [3.8, 4) is 11.3 Å². The highest BCUT2D eigenvalue weighted by atomic mass is 15.7. The van der Waals surface area contributed by atoms with E-state index in [1.807, 2.05) is 37.4 Å². The molecule has 1 saturated heterocycles. The van der Waals surface area contributed by atoms with Crippen molar-refractivity contribution in [3.63, 3.8) is 0 Å². The van der Waals surface area contributed by atoms with Gasteiger partial charge in [0.2, 0.25) is 0 Å². The first kappa shape index (κ1) is 22.8. The van der Waals surface area contributed by atoms with E-state index in [9.17, 15) is 0 Å². The minimum atomic E-state index is 0.531. The van der Waals surface area contributed by atoms with Crippen LogP contribution < -0.4 is 21.6 Å². The number of hydrogen-bond donors (Lipinski definition) is 3. The van der Waals surface area contributed by atoms with Gasteiger partial charge in [-0.1, -0.05) is 31.2 Å². The minimum absolute atomic E-state index is 0.531. The summed E-state index contributed by atoms with van der Waals surface area (Å²) in [5.74, 6) is 1.15. The van der Waals surface area contributed by atoms with Crippen molar-refractivity contribution in [2.75, 3.05) is 37.6 Å². The van der Waals surface area contributed by atoms with Gasteiger partial charge in [-0.2, -0.15) is 5.53 Å². The van der Waals surface area contributed by atoms with Crippen molar-refractivity contribution >= 4 is 17.3 Å². The molecule has 9 nitrogen and oxygen atoms in total. The Morgan fingerprint density at radius 1 is 1.03 bits per heavy atom. The number of rotatable bonds is 8. The third kappa shape index (κ3) is 6.32. The Kier molecular flexibility index (Phi) is 7.56. The van der Waals surface area contributed by atoms with Gasteiger partial charge >= 0.3 is 0 Å².